The van der Waals surface area contributed by atoms with Gasteiger partial charge < -0.3 is 10.6 Å². The van der Waals surface area contributed by atoms with Gasteiger partial charge in [0.1, 0.15) is 0 Å². The number of carbonyl (C=O) groups excluding carboxylic acids is 2. The first-order valence-corrected chi connectivity index (χ1v) is 11.7. The minimum atomic E-state index is -3.73. The highest BCUT2D eigenvalue weighted by molar-refractivity contribution is 8.01. The number of hydrogen-bond acceptors (Lipinski definition) is 5. The van der Waals surface area contributed by atoms with Gasteiger partial charge in [-0.05, 0) is 63.1 Å². The summed E-state index contributed by atoms with van der Waals surface area (Å²) in [6, 6.07) is 10.3. The SMILES string of the molecule is Cc1cccc(NC(=O)C[C@H](C)S(=O)(=O)c2ccc3c(c2)NC(=O)[C@@H](C)S3)c1C. The number of amides is 2. The van der Waals surface area contributed by atoms with Crippen LogP contribution in [0.5, 0.6) is 0 Å². The third kappa shape index (κ3) is 4.48. The minimum absolute atomic E-state index is 0.0961. The van der Waals surface area contributed by atoms with E-state index < -0.39 is 15.1 Å². The number of carbonyl (C=O) groups is 2. The molecule has 1 aliphatic heterocycles. The van der Waals surface area contributed by atoms with Gasteiger partial charge in [-0.15, -0.1) is 11.8 Å². The molecule has 0 bridgehead atoms. The third-order valence-corrected chi connectivity index (χ3v) is 8.41. The van der Waals surface area contributed by atoms with Crippen LogP contribution in [-0.2, 0) is 19.4 Å². The third-order valence-electron chi connectivity index (χ3n) is 5.09. The molecule has 0 unspecified atom stereocenters. The van der Waals surface area contributed by atoms with Crippen molar-refractivity contribution in [1.82, 2.24) is 0 Å². The predicted octanol–water partition coefficient (Wildman–Crippen LogP) is 3.93. The van der Waals surface area contributed by atoms with Gasteiger partial charge >= 0.3 is 0 Å². The highest BCUT2D eigenvalue weighted by Gasteiger charge is 2.29. The van der Waals surface area contributed by atoms with Gasteiger partial charge in [-0.2, -0.15) is 0 Å². The summed E-state index contributed by atoms with van der Waals surface area (Å²) in [5, 5.41) is 4.41. The molecule has 3 rings (SSSR count). The fraction of sp³-hybridized carbons (Fsp3) is 0.333. The van der Waals surface area contributed by atoms with E-state index in [2.05, 4.69) is 10.6 Å². The molecule has 8 heteroatoms. The lowest BCUT2D eigenvalue weighted by Gasteiger charge is -2.22. The molecule has 0 saturated carbocycles. The molecule has 2 N–H and O–H groups in total. The van der Waals surface area contributed by atoms with E-state index in [9.17, 15) is 18.0 Å². The molecule has 154 valence electrons. The molecule has 2 aromatic carbocycles. The van der Waals surface area contributed by atoms with E-state index in [1.54, 1.807) is 19.1 Å². The predicted molar refractivity (Wildman–Crippen MR) is 116 cm³/mol. The van der Waals surface area contributed by atoms with Crippen molar-refractivity contribution in [2.24, 2.45) is 0 Å². The van der Waals surface area contributed by atoms with Crippen molar-refractivity contribution in [3.63, 3.8) is 0 Å². The number of anilines is 2. The van der Waals surface area contributed by atoms with Gasteiger partial charge in [-0.25, -0.2) is 8.42 Å². The van der Waals surface area contributed by atoms with Crippen LogP contribution in [0.15, 0.2) is 46.2 Å². The monoisotopic (exact) mass is 432 g/mol. The summed E-state index contributed by atoms with van der Waals surface area (Å²) in [5.74, 6) is -0.511. The summed E-state index contributed by atoms with van der Waals surface area (Å²) in [4.78, 5) is 25.3. The van der Waals surface area contributed by atoms with Crippen LogP contribution in [0.4, 0.5) is 11.4 Å². The summed E-state index contributed by atoms with van der Waals surface area (Å²) in [5.41, 5.74) is 3.17. The van der Waals surface area contributed by atoms with E-state index in [1.807, 2.05) is 26.0 Å². The van der Waals surface area contributed by atoms with E-state index in [-0.39, 0.29) is 28.4 Å². The van der Waals surface area contributed by atoms with Gasteiger partial charge in [0.15, 0.2) is 9.84 Å². The zero-order valence-corrected chi connectivity index (χ0v) is 18.4. The second-order valence-electron chi connectivity index (χ2n) is 7.26. The van der Waals surface area contributed by atoms with Crippen molar-refractivity contribution in [3.05, 3.63) is 47.5 Å². The highest BCUT2D eigenvalue weighted by atomic mass is 32.2. The second-order valence-corrected chi connectivity index (χ2v) is 11.0. The Kier molecular flexibility index (Phi) is 6.05. The quantitative estimate of drug-likeness (QED) is 0.747. The zero-order valence-electron chi connectivity index (χ0n) is 16.8. The van der Waals surface area contributed by atoms with E-state index in [0.717, 1.165) is 16.0 Å². The maximum absolute atomic E-state index is 13.0. The van der Waals surface area contributed by atoms with Crippen molar-refractivity contribution in [2.75, 3.05) is 10.6 Å². The molecule has 0 saturated heterocycles. The van der Waals surface area contributed by atoms with Crippen LogP contribution < -0.4 is 10.6 Å². The van der Waals surface area contributed by atoms with Crippen LogP contribution in [0.25, 0.3) is 0 Å². The van der Waals surface area contributed by atoms with Gasteiger partial charge in [0.05, 0.1) is 21.1 Å². The van der Waals surface area contributed by atoms with Crippen LogP contribution in [0, 0.1) is 13.8 Å². The molecular weight excluding hydrogens is 408 g/mol. The number of hydrogen-bond donors (Lipinski definition) is 2. The first-order valence-electron chi connectivity index (χ1n) is 9.31. The molecule has 0 radical (unpaired) electrons. The number of sulfone groups is 1. The van der Waals surface area contributed by atoms with Crippen LogP contribution >= 0.6 is 11.8 Å². The van der Waals surface area contributed by atoms with E-state index in [1.165, 1.54) is 30.8 Å². The Labute approximate surface area is 175 Å². The summed E-state index contributed by atoms with van der Waals surface area (Å²) >= 11 is 1.39. The largest absolute Gasteiger partial charge is 0.326 e. The lowest BCUT2D eigenvalue weighted by Crippen LogP contribution is -2.27. The molecule has 6 nitrogen and oxygen atoms in total. The zero-order chi connectivity index (χ0) is 21.3. The lowest BCUT2D eigenvalue weighted by atomic mass is 10.1. The molecular formula is C21H24N2O4S2. The Balaban J connectivity index is 1.75. The fourth-order valence-electron chi connectivity index (χ4n) is 3.06. The number of rotatable bonds is 5. The average Bonchev–Trinajstić information content (AvgIpc) is 2.66. The Morgan fingerprint density at radius 2 is 1.97 bits per heavy atom. The minimum Gasteiger partial charge on any atom is -0.326 e. The number of nitrogens with one attached hydrogen (secondary N) is 2. The van der Waals surface area contributed by atoms with Crippen molar-refractivity contribution >= 4 is 44.8 Å². The molecule has 0 aliphatic carbocycles. The van der Waals surface area contributed by atoms with Gasteiger partial charge in [0.2, 0.25) is 11.8 Å². The lowest BCUT2D eigenvalue weighted by molar-refractivity contribution is -0.116. The van der Waals surface area contributed by atoms with Gasteiger partial charge in [-0.1, -0.05) is 12.1 Å². The molecule has 2 aromatic rings. The van der Waals surface area contributed by atoms with Crippen LogP contribution in [0.1, 0.15) is 31.4 Å². The normalized spacial score (nSPS) is 17.2. The average molecular weight is 433 g/mol. The van der Waals surface area contributed by atoms with Crippen LogP contribution in [0.2, 0.25) is 0 Å². The second kappa shape index (κ2) is 8.20. The van der Waals surface area contributed by atoms with Gasteiger partial charge in [-0.3, -0.25) is 9.59 Å². The fourth-order valence-corrected chi connectivity index (χ4v) is 5.36. The molecule has 0 aromatic heterocycles. The van der Waals surface area contributed by atoms with Crippen LogP contribution in [-0.4, -0.2) is 30.7 Å². The van der Waals surface area contributed by atoms with Crippen molar-refractivity contribution in [1.29, 1.82) is 0 Å². The summed E-state index contributed by atoms with van der Waals surface area (Å²) in [6.45, 7) is 7.18. The number of benzene rings is 2. The number of fused-ring (bicyclic) bond motifs is 1. The maximum atomic E-state index is 13.0. The van der Waals surface area contributed by atoms with Gasteiger partial charge in [0.25, 0.3) is 0 Å². The number of thioether (sulfide) groups is 1. The molecule has 1 aliphatic rings. The molecule has 29 heavy (non-hydrogen) atoms. The molecule has 0 spiro atoms. The summed E-state index contributed by atoms with van der Waals surface area (Å²) in [7, 11) is -3.73. The molecule has 2 amide bonds. The van der Waals surface area contributed by atoms with E-state index in [0.29, 0.717) is 11.4 Å². The topological polar surface area (TPSA) is 92.3 Å². The molecule has 1 heterocycles. The summed E-state index contributed by atoms with van der Waals surface area (Å²) in [6.07, 6.45) is -0.162. The standard InChI is InChI=1S/C21H24N2O4S2/c1-12-6-5-7-17(14(12)3)22-20(24)10-13(2)29(26,27)16-8-9-19-18(11-16)23-21(25)15(4)28-19/h5-9,11,13,15H,10H2,1-4H3,(H,22,24)(H,23,25)/t13-,15+/m0/s1. The Bertz CT molecular complexity index is 1080. The van der Waals surface area contributed by atoms with Crippen molar-refractivity contribution in [2.45, 2.75) is 54.4 Å². The van der Waals surface area contributed by atoms with Crippen molar-refractivity contribution in [3.8, 4) is 0 Å². The highest BCUT2D eigenvalue weighted by Crippen LogP contribution is 2.37. The first-order chi connectivity index (χ1) is 13.6. The van der Waals surface area contributed by atoms with E-state index >= 15 is 0 Å². The Morgan fingerprint density at radius 1 is 1.24 bits per heavy atom. The summed E-state index contributed by atoms with van der Waals surface area (Å²) < 4.78 is 25.9. The van der Waals surface area contributed by atoms with Crippen LogP contribution in [0.3, 0.4) is 0 Å². The molecule has 0 fully saturated rings. The first kappa shape index (κ1) is 21.4. The Morgan fingerprint density at radius 3 is 2.69 bits per heavy atom. The smallest absolute Gasteiger partial charge is 0.237 e. The maximum Gasteiger partial charge on any atom is 0.237 e. The van der Waals surface area contributed by atoms with Gasteiger partial charge in [0, 0.05) is 17.0 Å². The number of aryl methyl sites for hydroxylation is 1. The molecule has 2 atom stereocenters. The van der Waals surface area contributed by atoms with Crippen molar-refractivity contribution < 1.29 is 18.0 Å². The van der Waals surface area contributed by atoms with E-state index in [4.69, 9.17) is 0 Å². The Hall–Kier alpha value is -2.32.